The van der Waals surface area contributed by atoms with Gasteiger partial charge in [0.15, 0.2) is 9.84 Å². The molecule has 150 valence electrons. The van der Waals surface area contributed by atoms with E-state index in [1.165, 1.54) is 42.5 Å². The molecule has 0 radical (unpaired) electrons. The predicted molar refractivity (Wildman–Crippen MR) is 104 cm³/mol. The van der Waals surface area contributed by atoms with Crippen molar-refractivity contribution in [2.45, 2.75) is 17.7 Å². The van der Waals surface area contributed by atoms with Crippen LogP contribution in [0.15, 0.2) is 53.4 Å². The first kappa shape index (κ1) is 20.3. The highest BCUT2D eigenvalue weighted by molar-refractivity contribution is 7.92. The van der Waals surface area contributed by atoms with Gasteiger partial charge in [0.05, 0.1) is 22.1 Å². The van der Waals surface area contributed by atoms with E-state index in [0.717, 1.165) is 6.07 Å². The second-order valence-corrected chi connectivity index (χ2v) is 10.6. The number of anilines is 2. The zero-order valence-corrected chi connectivity index (χ0v) is 16.4. The van der Waals surface area contributed by atoms with Gasteiger partial charge in [-0.15, -0.1) is 0 Å². The van der Waals surface area contributed by atoms with Gasteiger partial charge in [-0.05, 0) is 54.8 Å². The first-order valence-corrected chi connectivity index (χ1v) is 11.8. The Kier molecular flexibility index (Phi) is 5.71. The number of hydrogen-bond acceptors (Lipinski definition) is 5. The molecule has 2 aromatic carbocycles. The van der Waals surface area contributed by atoms with Crippen molar-refractivity contribution in [2.75, 3.05) is 21.5 Å². The minimum absolute atomic E-state index is 0.0172. The summed E-state index contributed by atoms with van der Waals surface area (Å²) in [6, 6.07) is 10.6. The lowest BCUT2D eigenvalue weighted by Gasteiger charge is -2.11. The number of benzene rings is 2. The Hall–Kier alpha value is -2.46. The first-order valence-electron chi connectivity index (χ1n) is 8.52. The van der Waals surface area contributed by atoms with E-state index in [-0.39, 0.29) is 40.3 Å². The summed E-state index contributed by atoms with van der Waals surface area (Å²) in [5.41, 5.74) is 0.499. The first-order chi connectivity index (χ1) is 13.1. The van der Waals surface area contributed by atoms with Crippen molar-refractivity contribution in [1.29, 1.82) is 0 Å². The molecule has 1 aliphatic heterocycles. The lowest BCUT2D eigenvalue weighted by Crippen LogP contribution is -2.17. The molecule has 1 heterocycles. The van der Waals surface area contributed by atoms with Crippen LogP contribution < -0.4 is 10.0 Å². The lowest BCUT2D eigenvalue weighted by atomic mass is 10.1. The molecule has 1 atom stereocenters. The molecule has 1 aliphatic rings. The Balaban J connectivity index is 1.62. The molecule has 2 aromatic rings. The summed E-state index contributed by atoms with van der Waals surface area (Å²) in [5, 5.41) is 2.63. The van der Waals surface area contributed by atoms with Gasteiger partial charge in [0, 0.05) is 12.1 Å². The molecule has 0 aromatic heterocycles. The fourth-order valence-electron chi connectivity index (χ4n) is 2.99. The van der Waals surface area contributed by atoms with E-state index in [1.807, 2.05) is 0 Å². The van der Waals surface area contributed by atoms with E-state index in [9.17, 15) is 26.0 Å². The SMILES string of the molecule is O=C(CC1CCS(=O)(=O)C1)Nc1ccc(S(=O)(=O)Nc2cccc(F)c2)cc1. The highest BCUT2D eigenvalue weighted by atomic mass is 32.2. The van der Waals surface area contributed by atoms with Crippen LogP contribution in [-0.4, -0.2) is 34.2 Å². The van der Waals surface area contributed by atoms with Crippen LogP contribution in [-0.2, 0) is 24.7 Å². The molecule has 0 spiro atoms. The molecule has 1 unspecified atom stereocenters. The van der Waals surface area contributed by atoms with Crippen LogP contribution in [0.3, 0.4) is 0 Å². The van der Waals surface area contributed by atoms with Crippen molar-refractivity contribution >= 4 is 37.1 Å². The third-order valence-electron chi connectivity index (χ3n) is 4.33. The van der Waals surface area contributed by atoms with Crippen LogP contribution in [0, 0.1) is 11.7 Å². The molecule has 28 heavy (non-hydrogen) atoms. The van der Waals surface area contributed by atoms with Crippen molar-refractivity contribution in [1.82, 2.24) is 0 Å². The normalized spacial score (nSPS) is 18.5. The Bertz CT molecular complexity index is 1080. The quantitative estimate of drug-likeness (QED) is 0.737. The zero-order chi connectivity index (χ0) is 20.4. The number of rotatable bonds is 6. The second-order valence-electron chi connectivity index (χ2n) is 6.66. The topological polar surface area (TPSA) is 109 Å². The van der Waals surface area contributed by atoms with Crippen molar-refractivity contribution in [3.63, 3.8) is 0 Å². The molecule has 0 bridgehead atoms. The van der Waals surface area contributed by atoms with E-state index in [4.69, 9.17) is 0 Å². The average Bonchev–Trinajstić information content (AvgIpc) is 2.93. The molecular formula is C18H19FN2O5S2. The number of sulfonamides is 1. The number of carbonyl (C=O) groups excluding carboxylic acids is 1. The van der Waals surface area contributed by atoms with E-state index in [2.05, 4.69) is 10.0 Å². The van der Waals surface area contributed by atoms with Crippen molar-refractivity contribution in [2.24, 2.45) is 5.92 Å². The monoisotopic (exact) mass is 426 g/mol. The smallest absolute Gasteiger partial charge is 0.261 e. The van der Waals surface area contributed by atoms with Gasteiger partial charge in [0.2, 0.25) is 5.91 Å². The summed E-state index contributed by atoms with van der Waals surface area (Å²) in [5.74, 6) is -0.955. The van der Waals surface area contributed by atoms with Crippen molar-refractivity contribution < 1.29 is 26.0 Å². The van der Waals surface area contributed by atoms with Gasteiger partial charge in [-0.2, -0.15) is 0 Å². The standard InChI is InChI=1S/C18H19FN2O5S2/c19-14-2-1-3-16(11-14)21-28(25,26)17-6-4-15(5-7-17)20-18(22)10-13-8-9-27(23,24)12-13/h1-7,11,13,21H,8-10,12H2,(H,20,22). The largest absolute Gasteiger partial charge is 0.326 e. The van der Waals surface area contributed by atoms with Crippen LogP contribution in [0.5, 0.6) is 0 Å². The highest BCUT2D eigenvalue weighted by Gasteiger charge is 2.29. The molecule has 0 aliphatic carbocycles. The van der Waals surface area contributed by atoms with Gasteiger partial charge >= 0.3 is 0 Å². The molecule has 1 amide bonds. The van der Waals surface area contributed by atoms with Gasteiger partial charge in [0.25, 0.3) is 10.0 Å². The number of halogens is 1. The zero-order valence-electron chi connectivity index (χ0n) is 14.8. The highest BCUT2D eigenvalue weighted by Crippen LogP contribution is 2.23. The summed E-state index contributed by atoms with van der Waals surface area (Å²) >= 11 is 0. The van der Waals surface area contributed by atoms with Crippen molar-refractivity contribution in [3.05, 3.63) is 54.3 Å². The summed E-state index contributed by atoms with van der Waals surface area (Å²) in [6.45, 7) is 0. The summed E-state index contributed by atoms with van der Waals surface area (Å²) < 4.78 is 63.1. The average molecular weight is 426 g/mol. The molecule has 10 heteroatoms. The molecule has 7 nitrogen and oxygen atoms in total. The third-order valence-corrected chi connectivity index (χ3v) is 7.56. The van der Waals surface area contributed by atoms with E-state index >= 15 is 0 Å². The summed E-state index contributed by atoms with van der Waals surface area (Å²) in [6.07, 6.45) is 0.569. The Morgan fingerprint density at radius 1 is 1.11 bits per heavy atom. The van der Waals surface area contributed by atoms with Crippen LogP contribution in [0.2, 0.25) is 0 Å². The predicted octanol–water partition coefficient (Wildman–Crippen LogP) is 2.39. The Morgan fingerprint density at radius 3 is 2.43 bits per heavy atom. The van der Waals surface area contributed by atoms with Crippen LogP contribution >= 0.6 is 0 Å². The van der Waals surface area contributed by atoms with Gasteiger partial charge in [0.1, 0.15) is 5.82 Å². The maximum Gasteiger partial charge on any atom is 0.261 e. The fraction of sp³-hybridized carbons (Fsp3) is 0.278. The van der Waals surface area contributed by atoms with Crippen LogP contribution in [0.25, 0.3) is 0 Å². The maximum atomic E-state index is 13.2. The Morgan fingerprint density at radius 2 is 1.82 bits per heavy atom. The van der Waals surface area contributed by atoms with Gasteiger partial charge in [-0.25, -0.2) is 21.2 Å². The number of amides is 1. The van der Waals surface area contributed by atoms with Crippen LogP contribution in [0.4, 0.5) is 15.8 Å². The number of carbonyl (C=O) groups is 1. The second kappa shape index (κ2) is 7.88. The molecule has 0 saturated carbocycles. The minimum Gasteiger partial charge on any atom is -0.326 e. The van der Waals surface area contributed by atoms with E-state index in [1.54, 1.807) is 0 Å². The number of sulfone groups is 1. The number of hydrogen-bond donors (Lipinski definition) is 2. The number of nitrogens with one attached hydrogen (secondary N) is 2. The minimum atomic E-state index is -3.90. The summed E-state index contributed by atoms with van der Waals surface area (Å²) in [4.78, 5) is 12.0. The molecular weight excluding hydrogens is 407 g/mol. The molecule has 1 fully saturated rings. The van der Waals surface area contributed by atoms with E-state index < -0.39 is 25.7 Å². The molecule has 1 saturated heterocycles. The maximum absolute atomic E-state index is 13.2. The van der Waals surface area contributed by atoms with Crippen LogP contribution in [0.1, 0.15) is 12.8 Å². The van der Waals surface area contributed by atoms with Gasteiger partial charge < -0.3 is 5.32 Å². The lowest BCUT2D eigenvalue weighted by molar-refractivity contribution is -0.116. The van der Waals surface area contributed by atoms with Crippen molar-refractivity contribution in [3.8, 4) is 0 Å². The fourth-order valence-corrected chi connectivity index (χ4v) is 5.90. The Labute approximate surface area is 162 Å². The summed E-state index contributed by atoms with van der Waals surface area (Å²) in [7, 11) is -6.94. The van der Waals surface area contributed by atoms with Gasteiger partial charge in [-0.1, -0.05) is 6.07 Å². The van der Waals surface area contributed by atoms with Gasteiger partial charge in [-0.3, -0.25) is 9.52 Å². The molecule has 3 rings (SSSR count). The third kappa shape index (κ3) is 5.29. The van der Waals surface area contributed by atoms with E-state index in [0.29, 0.717) is 12.1 Å². The molecule has 2 N–H and O–H groups in total.